The van der Waals surface area contributed by atoms with Crippen molar-refractivity contribution in [1.29, 1.82) is 0 Å². The number of carboxylic acid groups (broad SMARTS) is 1. The normalized spacial score (nSPS) is 13.1. The Morgan fingerprint density at radius 3 is 2.58 bits per heavy atom. The van der Waals surface area contributed by atoms with Crippen LogP contribution in [-0.2, 0) is 11.3 Å². The Hall–Kier alpha value is -1.55. The highest BCUT2D eigenvalue weighted by Gasteiger charge is 2.16. The summed E-state index contributed by atoms with van der Waals surface area (Å²) in [4.78, 5) is 10.9. The molecule has 0 aromatic heterocycles. The molecule has 1 aromatic rings. The Labute approximate surface area is 114 Å². The van der Waals surface area contributed by atoms with E-state index >= 15 is 0 Å². The minimum absolute atomic E-state index is 0.000565. The zero-order valence-corrected chi connectivity index (χ0v) is 12.3. The van der Waals surface area contributed by atoms with Gasteiger partial charge in [-0.05, 0) is 40.7 Å². The maximum absolute atomic E-state index is 10.9. The van der Waals surface area contributed by atoms with Crippen LogP contribution < -0.4 is 10.1 Å². The van der Waals surface area contributed by atoms with Crippen LogP contribution >= 0.6 is 0 Å². The molecule has 0 amide bonds. The predicted octanol–water partition coefficient (Wildman–Crippen LogP) is 2.74. The van der Waals surface area contributed by atoms with Crippen molar-refractivity contribution >= 4 is 5.97 Å². The van der Waals surface area contributed by atoms with Crippen LogP contribution in [0.5, 0.6) is 5.75 Å². The fourth-order valence-corrected chi connectivity index (χ4v) is 1.56. The van der Waals surface area contributed by atoms with Gasteiger partial charge in [-0.25, -0.2) is 4.79 Å². The van der Waals surface area contributed by atoms with Crippen LogP contribution in [0.3, 0.4) is 0 Å². The number of aliphatic carboxylic acids is 1. The molecule has 106 valence electrons. The molecule has 2 N–H and O–H groups in total. The molecule has 1 unspecified atom stereocenters. The van der Waals surface area contributed by atoms with E-state index in [0.29, 0.717) is 12.3 Å². The first-order valence-corrected chi connectivity index (χ1v) is 6.43. The Morgan fingerprint density at radius 2 is 2.05 bits per heavy atom. The molecule has 0 aliphatic carbocycles. The Balaban J connectivity index is 2.88. The van der Waals surface area contributed by atoms with Crippen molar-refractivity contribution < 1.29 is 14.6 Å². The molecule has 0 aliphatic rings. The van der Waals surface area contributed by atoms with Gasteiger partial charge in [0.25, 0.3) is 0 Å². The molecule has 4 heteroatoms. The minimum atomic E-state index is -0.963. The van der Waals surface area contributed by atoms with Crippen LogP contribution in [0, 0.1) is 6.92 Å². The number of aryl methyl sites for hydroxylation is 1. The van der Waals surface area contributed by atoms with E-state index in [1.54, 1.807) is 0 Å². The second-order valence-corrected chi connectivity index (χ2v) is 5.81. The number of nitrogens with one attached hydrogen (secondary N) is 1. The van der Waals surface area contributed by atoms with E-state index in [2.05, 4.69) is 26.1 Å². The molecule has 0 spiro atoms. The molecular weight excluding hydrogens is 242 g/mol. The first-order valence-electron chi connectivity index (χ1n) is 6.43. The molecular formula is C15H23NO3. The highest BCUT2D eigenvalue weighted by molar-refractivity contribution is 5.72. The average molecular weight is 265 g/mol. The van der Waals surface area contributed by atoms with Crippen molar-refractivity contribution in [2.24, 2.45) is 0 Å². The van der Waals surface area contributed by atoms with Crippen LogP contribution in [0.25, 0.3) is 0 Å². The standard InChI is InChI=1S/C15H23NO3/c1-10-6-7-13(19-11(2)14(17)18)12(8-10)9-16-15(3,4)5/h6-8,11,16H,9H2,1-5H3,(H,17,18). The van der Waals surface area contributed by atoms with Crippen LogP contribution in [0.15, 0.2) is 18.2 Å². The quantitative estimate of drug-likeness (QED) is 0.859. The fraction of sp³-hybridized carbons (Fsp3) is 0.533. The molecule has 0 saturated heterocycles. The first kappa shape index (κ1) is 15.5. The van der Waals surface area contributed by atoms with Crippen molar-refractivity contribution in [1.82, 2.24) is 5.32 Å². The topological polar surface area (TPSA) is 58.6 Å². The molecule has 4 nitrogen and oxygen atoms in total. The van der Waals surface area contributed by atoms with E-state index < -0.39 is 12.1 Å². The monoisotopic (exact) mass is 265 g/mol. The van der Waals surface area contributed by atoms with E-state index in [-0.39, 0.29) is 5.54 Å². The molecule has 0 heterocycles. The number of hydrogen-bond donors (Lipinski definition) is 2. The molecule has 19 heavy (non-hydrogen) atoms. The second kappa shape index (κ2) is 6.06. The second-order valence-electron chi connectivity index (χ2n) is 5.81. The van der Waals surface area contributed by atoms with Gasteiger partial charge in [0.2, 0.25) is 0 Å². The Morgan fingerprint density at radius 1 is 1.42 bits per heavy atom. The summed E-state index contributed by atoms with van der Waals surface area (Å²) >= 11 is 0. The lowest BCUT2D eigenvalue weighted by atomic mass is 10.1. The number of ether oxygens (including phenoxy) is 1. The molecule has 0 radical (unpaired) electrons. The van der Waals surface area contributed by atoms with Gasteiger partial charge in [0.15, 0.2) is 6.10 Å². The van der Waals surface area contributed by atoms with E-state index in [1.807, 2.05) is 25.1 Å². The van der Waals surface area contributed by atoms with Crippen molar-refractivity contribution in [2.75, 3.05) is 0 Å². The molecule has 0 bridgehead atoms. The van der Waals surface area contributed by atoms with E-state index in [9.17, 15) is 4.79 Å². The van der Waals surface area contributed by atoms with Gasteiger partial charge in [-0.2, -0.15) is 0 Å². The molecule has 1 rings (SSSR count). The van der Waals surface area contributed by atoms with Gasteiger partial charge in [0, 0.05) is 17.6 Å². The average Bonchev–Trinajstić information content (AvgIpc) is 2.28. The number of benzene rings is 1. The summed E-state index contributed by atoms with van der Waals surface area (Å²) in [5, 5.41) is 12.3. The molecule has 1 atom stereocenters. The van der Waals surface area contributed by atoms with E-state index in [4.69, 9.17) is 9.84 Å². The third kappa shape index (κ3) is 5.30. The lowest BCUT2D eigenvalue weighted by Crippen LogP contribution is -2.35. The number of carbonyl (C=O) groups is 1. The van der Waals surface area contributed by atoms with Crippen molar-refractivity contribution in [3.05, 3.63) is 29.3 Å². The summed E-state index contributed by atoms with van der Waals surface area (Å²) < 4.78 is 5.49. The van der Waals surface area contributed by atoms with Gasteiger partial charge in [-0.3, -0.25) is 0 Å². The Bertz CT molecular complexity index is 449. The lowest BCUT2D eigenvalue weighted by molar-refractivity contribution is -0.144. The third-order valence-corrected chi connectivity index (χ3v) is 2.68. The van der Waals surface area contributed by atoms with Gasteiger partial charge in [-0.15, -0.1) is 0 Å². The third-order valence-electron chi connectivity index (χ3n) is 2.68. The number of rotatable bonds is 5. The zero-order chi connectivity index (χ0) is 14.6. The van der Waals surface area contributed by atoms with Gasteiger partial charge in [0.05, 0.1) is 0 Å². The highest BCUT2D eigenvalue weighted by Crippen LogP contribution is 2.22. The summed E-state index contributed by atoms with van der Waals surface area (Å²) in [6.07, 6.45) is -0.851. The fourth-order valence-electron chi connectivity index (χ4n) is 1.56. The largest absolute Gasteiger partial charge is 0.479 e. The van der Waals surface area contributed by atoms with E-state index in [1.165, 1.54) is 6.92 Å². The predicted molar refractivity (Wildman–Crippen MR) is 75.5 cm³/mol. The van der Waals surface area contributed by atoms with Crippen molar-refractivity contribution in [3.8, 4) is 5.75 Å². The highest BCUT2D eigenvalue weighted by atomic mass is 16.5. The SMILES string of the molecule is Cc1ccc(OC(C)C(=O)O)c(CNC(C)(C)C)c1. The lowest BCUT2D eigenvalue weighted by Gasteiger charge is -2.22. The number of carboxylic acids is 1. The maximum atomic E-state index is 10.9. The van der Waals surface area contributed by atoms with Crippen LogP contribution in [0.4, 0.5) is 0 Å². The van der Waals surface area contributed by atoms with Crippen LogP contribution in [-0.4, -0.2) is 22.7 Å². The van der Waals surface area contributed by atoms with Crippen molar-refractivity contribution in [3.63, 3.8) is 0 Å². The smallest absolute Gasteiger partial charge is 0.344 e. The van der Waals surface area contributed by atoms with Crippen LogP contribution in [0.1, 0.15) is 38.8 Å². The van der Waals surface area contributed by atoms with Gasteiger partial charge in [-0.1, -0.05) is 17.7 Å². The summed E-state index contributed by atoms with van der Waals surface area (Å²) in [5.74, 6) is -0.340. The number of hydrogen-bond acceptors (Lipinski definition) is 3. The molecule has 0 aliphatic heterocycles. The molecule has 0 saturated carbocycles. The summed E-state index contributed by atoms with van der Waals surface area (Å²) in [7, 11) is 0. The minimum Gasteiger partial charge on any atom is -0.479 e. The zero-order valence-electron chi connectivity index (χ0n) is 12.3. The van der Waals surface area contributed by atoms with Gasteiger partial charge >= 0.3 is 5.97 Å². The summed E-state index contributed by atoms with van der Waals surface area (Å²) in [5.41, 5.74) is 2.10. The molecule has 1 aromatic carbocycles. The molecule has 0 fully saturated rings. The first-order chi connectivity index (χ1) is 8.69. The van der Waals surface area contributed by atoms with Crippen molar-refractivity contribution in [2.45, 2.75) is 52.8 Å². The van der Waals surface area contributed by atoms with Crippen LogP contribution in [0.2, 0.25) is 0 Å². The van der Waals surface area contributed by atoms with Gasteiger partial charge in [0.1, 0.15) is 5.75 Å². The maximum Gasteiger partial charge on any atom is 0.344 e. The summed E-state index contributed by atoms with van der Waals surface area (Å²) in [6, 6.07) is 5.77. The van der Waals surface area contributed by atoms with E-state index in [0.717, 1.165) is 11.1 Å². The Kier molecular flexibility index (Phi) is 4.95. The summed E-state index contributed by atoms with van der Waals surface area (Å²) in [6.45, 7) is 10.4. The van der Waals surface area contributed by atoms with Gasteiger partial charge < -0.3 is 15.2 Å².